The van der Waals surface area contributed by atoms with Gasteiger partial charge in [-0.2, -0.15) is 10.2 Å². The fourth-order valence-electron chi connectivity index (χ4n) is 2.96. The second-order valence-electron chi connectivity index (χ2n) is 6.73. The molecule has 0 spiro atoms. The number of carbonyl (C=O) groups excluding carboxylic acids is 1. The summed E-state index contributed by atoms with van der Waals surface area (Å²) < 4.78 is 5.00. The number of aryl methyl sites for hydroxylation is 2. The molecular weight excluding hydrogens is 427 g/mol. The first-order valence-electron chi connectivity index (χ1n) is 9.07. The Morgan fingerprint density at radius 2 is 1.83 bits per heavy atom. The van der Waals surface area contributed by atoms with Crippen molar-refractivity contribution in [2.75, 3.05) is 5.32 Å². The van der Waals surface area contributed by atoms with Crippen molar-refractivity contribution in [3.8, 4) is 0 Å². The second kappa shape index (κ2) is 8.29. The van der Waals surface area contributed by atoms with Gasteiger partial charge >= 0.3 is 0 Å². The van der Waals surface area contributed by atoms with Gasteiger partial charge in [-0.3, -0.25) is 14.8 Å². The van der Waals surface area contributed by atoms with Crippen molar-refractivity contribution in [2.45, 2.75) is 27.1 Å². The van der Waals surface area contributed by atoms with Crippen molar-refractivity contribution in [3.63, 3.8) is 0 Å². The highest BCUT2D eigenvalue weighted by atomic mass is 35.5. The van der Waals surface area contributed by atoms with Gasteiger partial charge in [-0.25, -0.2) is 14.3 Å². The van der Waals surface area contributed by atoms with Crippen LogP contribution in [0.2, 0.25) is 10.0 Å². The van der Waals surface area contributed by atoms with Crippen LogP contribution in [0.25, 0.3) is 0 Å². The lowest BCUT2D eigenvalue weighted by molar-refractivity contribution is 0.102. The monoisotopic (exact) mass is 444 g/mol. The minimum atomic E-state index is -0.407. The lowest BCUT2D eigenvalue weighted by Gasteiger charge is -2.06. The van der Waals surface area contributed by atoms with E-state index in [0.29, 0.717) is 23.3 Å². The summed E-state index contributed by atoms with van der Waals surface area (Å²) in [5.41, 5.74) is 2.92. The van der Waals surface area contributed by atoms with Crippen molar-refractivity contribution < 1.29 is 4.79 Å². The standard InChI is InChI=1S/C19H18Cl2N8O/c1-12-8-13(2)29(24-12)11-27-7-6-17(25-27)18(30)23-19-22-10-28(26-19)9-14-15(20)4-3-5-16(14)21/h3-8,10H,9,11H2,1-2H3,(H,23,26,30). The molecule has 0 atom stereocenters. The predicted octanol–water partition coefficient (Wildman–Crippen LogP) is 3.40. The van der Waals surface area contributed by atoms with E-state index in [4.69, 9.17) is 23.2 Å². The molecule has 0 fully saturated rings. The van der Waals surface area contributed by atoms with Crippen LogP contribution in [0.15, 0.2) is 42.9 Å². The zero-order chi connectivity index (χ0) is 21.3. The summed E-state index contributed by atoms with van der Waals surface area (Å²) in [4.78, 5) is 16.6. The van der Waals surface area contributed by atoms with Gasteiger partial charge in [0, 0.05) is 27.5 Å². The van der Waals surface area contributed by atoms with Crippen LogP contribution in [0.5, 0.6) is 0 Å². The van der Waals surface area contributed by atoms with Gasteiger partial charge in [-0.05, 0) is 38.1 Å². The Morgan fingerprint density at radius 1 is 1.07 bits per heavy atom. The quantitative estimate of drug-likeness (QED) is 0.491. The van der Waals surface area contributed by atoms with Crippen molar-refractivity contribution in [1.29, 1.82) is 0 Å². The number of hydrogen-bond donors (Lipinski definition) is 1. The molecule has 0 aliphatic carbocycles. The Labute approximate surface area is 182 Å². The van der Waals surface area contributed by atoms with Crippen LogP contribution in [0.1, 0.15) is 27.4 Å². The van der Waals surface area contributed by atoms with Crippen LogP contribution in [-0.4, -0.2) is 40.2 Å². The Bertz CT molecular complexity index is 1190. The fourth-order valence-corrected chi connectivity index (χ4v) is 3.47. The number of rotatable bonds is 6. The van der Waals surface area contributed by atoms with Gasteiger partial charge < -0.3 is 0 Å². The maximum atomic E-state index is 12.5. The third kappa shape index (κ3) is 4.37. The molecule has 0 unspecified atom stereocenters. The molecule has 4 rings (SSSR count). The van der Waals surface area contributed by atoms with Gasteiger partial charge in [0.1, 0.15) is 13.0 Å². The molecule has 0 radical (unpaired) electrons. The zero-order valence-corrected chi connectivity index (χ0v) is 17.8. The Balaban J connectivity index is 1.41. The van der Waals surface area contributed by atoms with E-state index in [-0.39, 0.29) is 11.6 Å². The predicted molar refractivity (Wildman–Crippen MR) is 113 cm³/mol. The molecule has 154 valence electrons. The smallest absolute Gasteiger partial charge is 0.278 e. The van der Waals surface area contributed by atoms with E-state index < -0.39 is 5.91 Å². The maximum absolute atomic E-state index is 12.5. The number of hydrogen-bond acceptors (Lipinski definition) is 5. The summed E-state index contributed by atoms with van der Waals surface area (Å²) in [6, 6.07) is 8.89. The average molecular weight is 445 g/mol. The molecule has 1 N–H and O–H groups in total. The molecule has 4 aromatic rings. The molecule has 1 amide bonds. The van der Waals surface area contributed by atoms with E-state index in [2.05, 4.69) is 25.6 Å². The number of aromatic nitrogens is 7. The third-order valence-corrected chi connectivity index (χ3v) is 5.11. The summed E-state index contributed by atoms with van der Waals surface area (Å²) in [6.45, 7) is 4.64. The van der Waals surface area contributed by atoms with E-state index in [1.54, 1.807) is 39.8 Å². The van der Waals surface area contributed by atoms with E-state index in [1.165, 1.54) is 6.33 Å². The summed E-state index contributed by atoms with van der Waals surface area (Å²) in [5, 5.41) is 16.7. The summed E-state index contributed by atoms with van der Waals surface area (Å²) in [5.74, 6) is -0.244. The molecule has 11 heteroatoms. The summed E-state index contributed by atoms with van der Waals surface area (Å²) in [7, 11) is 0. The first-order valence-corrected chi connectivity index (χ1v) is 9.83. The topological polar surface area (TPSA) is 95.5 Å². The van der Waals surface area contributed by atoms with E-state index in [0.717, 1.165) is 17.0 Å². The molecule has 30 heavy (non-hydrogen) atoms. The number of anilines is 1. The highest BCUT2D eigenvalue weighted by Gasteiger charge is 2.14. The molecule has 9 nitrogen and oxygen atoms in total. The first kappa shape index (κ1) is 20.1. The average Bonchev–Trinajstić information content (AvgIpc) is 3.40. The number of carbonyl (C=O) groups is 1. The molecule has 3 heterocycles. The minimum Gasteiger partial charge on any atom is -0.288 e. The van der Waals surface area contributed by atoms with E-state index in [9.17, 15) is 4.79 Å². The number of amides is 1. The van der Waals surface area contributed by atoms with Crippen LogP contribution in [0.4, 0.5) is 5.95 Å². The van der Waals surface area contributed by atoms with Gasteiger partial charge in [0.25, 0.3) is 5.91 Å². The van der Waals surface area contributed by atoms with Crippen molar-refractivity contribution >= 4 is 35.1 Å². The third-order valence-electron chi connectivity index (χ3n) is 4.40. The number of benzene rings is 1. The van der Waals surface area contributed by atoms with E-state index in [1.807, 2.05) is 24.6 Å². The fraction of sp³-hybridized carbons (Fsp3) is 0.211. The minimum absolute atomic E-state index is 0.163. The van der Waals surface area contributed by atoms with Crippen LogP contribution >= 0.6 is 23.2 Å². The summed E-state index contributed by atoms with van der Waals surface area (Å²) >= 11 is 12.4. The van der Waals surface area contributed by atoms with Gasteiger partial charge in [0.15, 0.2) is 5.69 Å². The number of nitrogens with zero attached hydrogens (tertiary/aromatic N) is 7. The SMILES string of the molecule is Cc1cc(C)n(Cn2ccc(C(=O)Nc3ncn(Cc4c(Cl)cccc4Cl)n3)n2)n1. The Kier molecular flexibility index (Phi) is 5.56. The highest BCUT2D eigenvalue weighted by Crippen LogP contribution is 2.24. The normalized spacial score (nSPS) is 11.1. The molecule has 0 bridgehead atoms. The number of nitrogens with one attached hydrogen (secondary N) is 1. The lowest BCUT2D eigenvalue weighted by atomic mass is 10.2. The molecule has 0 aliphatic rings. The molecule has 0 saturated carbocycles. The first-order chi connectivity index (χ1) is 14.4. The van der Waals surface area contributed by atoms with E-state index >= 15 is 0 Å². The van der Waals surface area contributed by atoms with Gasteiger partial charge in [0.2, 0.25) is 5.95 Å². The molecule has 1 aromatic carbocycles. The van der Waals surface area contributed by atoms with Crippen molar-refractivity contribution in [2.24, 2.45) is 0 Å². The van der Waals surface area contributed by atoms with Crippen molar-refractivity contribution in [1.82, 2.24) is 34.3 Å². The molecule has 3 aromatic heterocycles. The Morgan fingerprint density at radius 3 is 2.53 bits per heavy atom. The lowest BCUT2D eigenvalue weighted by Crippen LogP contribution is -2.16. The van der Waals surface area contributed by atoms with Crippen LogP contribution < -0.4 is 5.32 Å². The van der Waals surface area contributed by atoms with Gasteiger partial charge in [-0.15, -0.1) is 5.10 Å². The molecule has 0 aliphatic heterocycles. The largest absolute Gasteiger partial charge is 0.288 e. The zero-order valence-electron chi connectivity index (χ0n) is 16.3. The van der Waals surface area contributed by atoms with Gasteiger partial charge in [-0.1, -0.05) is 29.3 Å². The molecular formula is C19H18Cl2N8O. The Hall–Kier alpha value is -3.17. The molecule has 0 saturated heterocycles. The van der Waals surface area contributed by atoms with Crippen LogP contribution in [-0.2, 0) is 13.2 Å². The van der Waals surface area contributed by atoms with Gasteiger partial charge in [0.05, 0.1) is 12.2 Å². The van der Waals surface area contributed by atoms with Crippen LogP contribution in [0.3, 0.4) is 0 Å². The number of halogens is 2. The van der Waals surface area contributed by atoms with Crippen molar-refractivity contribution in [3.05, 3.63) is 75.5 Å². The highest BCUT2D eigenvalue weighted by molar-refractivity contribution is 6.35. The van der Waals surface area contributed by atoms with Crippen LogP contribution in [0, 0.1) is 13.8 Å². The summed E-state index contributed by atoms with van der Waals surface area (Å²) in [6.07, 6.45) is 3.22. The maximum Gasteiger partial charge on any atom is 0.278 e. The second-order valence-corrected chi connectivity index (χ2v) is 7.54.